The van der Waals surface area contributed by atoms with Gasteiger partial charge in [-0.25, -0.2) is 4.79 Å². The van der Waals surface area contributed by atoms with Gasteiger partial charge in [0, 0.05) is 13.0 Å². The number of benzene rings is 1. The van der Waals surface area contributed by atoms with Gasteiger partial charge in [-0.1, -0.05) is 31.5 Å². The molecule has 2 rings (SSSR count). The number of urea groups is 1. The molecule has 2 amide bonds. The molecule has 1 aliphatic heterocycles. The van der Waals surface area contributed by atoms with E-state index in [4.69, 9.17) is 4.74 Å². The average Bonchev–Trinajstić information content (AvgIpc) is 2.79. The van der Waals surface area contributed by atoms with Gasteiger partial charge in [-0.3, -0.25) is 0 Å². The van der Waals surface area contributed by atoms with Crippen molar-refractivity contribution in [3.8, 4) is 5.75 Å². The number of unbranched alkanes of at least 4 members (excludes halogenated alkanes) is 1. The first-order chi connectivity index (χ1) is 8.79. The van der Waals surface area contributed by atoms with E-state index in [1.165, 1.54) is 5.56 Å². The van der Waals surface area contributed by atoms with E-state index >= 15 is 0 Å². The Morgan fingerprint density at radius 2 is 2.22 bits per heavy atom. The second-order valence-corrected chi connectivity index (χ2v) is 4.54. The number of hydrogen-bond acceptors (Lipinski definition) is 2. The Kier molecular flexibility index (Phi) is 4.45. The second-order valence-electron chi connectivity index (χ2n) is 4.54. The first-order valence-electron chi connectivity index (χ1n) is 6.56. The third kappa shape index (κ3) is 3.39. The zero-order valence-electron chi connectivity index (χ0n) is 10.7. The monoisotopic (exact) mass is 248 g/mol. The van der Waals surface area contributed by atoms with Gasteiger partial charge in [0.15, 0.2) is 0 Å². The number of para-hydroxylation sites is 1. The molecule has 0 radical (unpaired) electrons. The summed E-state index contributed by atoms with van der Waals surface area (Å²) in [6, 6.07) is 7.90. The SMILES string of the molecule is CCCCNC(=O)NCC1Cc2ccccc2O1. The first kappa shape index (κ1) is 12.7. The third-order valence-corrected chi connectivity index (χ3v) is 3.02. The second kappa shape index (κ2) is 6.28. The lowest BCUT2D eigenvalue weighted by Gasteiger charge is -2.12. The molecule has 1 aromatic rings. The Hall–Kier alpha value is -1.71. The van der Waals surface area contributed by atoms with E-state index < -0.39 is 0 Å². The Morgan fingerprint density at radius 1 is 1.39 bits per heavy atom. The van der Waals surface area contributed by atoms with Crippen molar-refractivity contribution < 1.29 is 9.53 Å². The summed E-state index contributed by atoms with van der Waals surface area (Å²) in [6.07, 6.45) is 3.02. The summed E-state index contributed by atoms with van der Waals surface area (Å²) < 4.78 is 5.74. The van der Waals surface area contributed by atoms with Crippen molar-refractivity contribution in [1.82, 2.24) is 10.6 Å². The molecule has 18 heavy (non-hydrogen) atoms. The van der Waals surface area contributed by atoms with Crippen molar-refractivity contribution in [2.45, 2.75) is 32.3 Å². The highest BCUT2D eigenvalue weighted by Crippen LogP contribution is 2.27. The largest absolute Gasteiger partial charge is 0.488 e. The maximum Gasteiger partial charge on any atom is 0.314 e. The number of nitrogens with one attached hydrogen (secondary N) is 2. The number of fused-ring (bicyclic) bond motifs is 1. The molecule has 1 atom stereocenters. The van der Waals surface area contributed by atoms with Gasteiger partial charge < -0.3 is 15.4 Å². The van der Waals surface area contributed by atoms with Crippen LogP contribution in [0.1, 0.15) is 25.3 Å². The third-order valence-electron chi connectivity index (χ3n) is 3.02. The lowest BCUT2D eigenvalue weighted by atomic mass is 10.1. The van der Waals surface area contributed by atoms with E-state index in [9.17, 15) is 4.79 Å². The van der Waals surface area contributed by atoms with Crippen LogP contribution in [0.25, 0.3) is 0 Å². The van der Waals surface area contributed by atoms with Crippen LogP contribution in [0.3, 0.4) is 0 Å². The molecular weight excluding hydrogens is 228 g/mol. The Bertz CT molecular complexity index is 382. The maximum absolute atomic E-state index is 11.5. The van der Waals surface area contributed by atoms with Crippen LogP contribution in [-0.4, -0.2) is 25.2 Å². The van der Waals surface area contributed by atoms with E-state index in [0.29, 0.717) is 6.54 Å². The number of ether oxygens (including phenoxy) is 1. The normalized spacial score (nSPS) is 16.8. The molecule has 4 heteroatoms. The highest BCUT2D eigenvalue weighted by molar-refractivity contribution is 5.73. The fraction of sp³-hybridized carbons (Fsp3) is 0.500. The summed E-state index contributed by atoms with van der Waals surface area (Å²) in [6.45, 7) is 3.38. The van der Waals surface area contributed by atoms with Crippen molar-refractivity contribution in [3.63, 3.8) is 0 Å². The molecule has 0 fully saturated rings. The molecule has 1 unspecified atom stereocenters. The van der Waals surface area contributed by atoms with Gasteiger partial charge in [0.05, 0.1) is 6.54 Å². The van der Waals surface area contributed by atoms with Crippen LogP contribution in [0.4, 0.5) is 4.79 Å². The van der Waals surface area contributed by atoms with Crippen LogP contribution in [0.15, 0.2) is 24.3 Å². The molecule has 0 saturated carbocycles. The number of amides is 2. The number of carbonyl (C=O) groups is 1. The van der Waals surface area contributed by atoms with Gasteiger partial charge in [-0.05, 0) is 18.1 Å². The van der Waals surface area contributed by atoms with E-state index in [2.05, 4.69) is 23.6 Å². The molecule has 0 saturated heterocycles. The van der Waals surface area contributed by atoms with Gasteiger partial charge in [-0.2, -0.15) is 0 Å². The minimum Gasteiger partial charge on any atom is -0.488 e. The Labute approximate surface area is 108 Å². The van der Waals surface area contributed by atoms with Crippen molar-refractivity contribution >= 4 is 6.03 Å². The minimum absolute atomic E-state index is 0.0549. The highest BCUT2D eigenvalue weighted by Gasteiger charge is 2.22. The van der Waals surface area contributed by atoms with Gasteiger partial charge >= 0.3 is 6.03 Å². The predicted octanol–water partition coefficient (Wildman–Crippen LogP) is 2.09. The lowest BCUT2D eigenvalue weighted by molar-refractivity contribution is 0.214. The van der Waals surface area contributed by atoms with Gasteiger partial charge in [0.25, 0.3) is 0 Å². The van der Waals surface area contributed by atoms with Crippen LogP contribution in [-0.2, 0) is 6.42 Å². The van der Waals surface area contributed by atoms with Crippen molar-refractivity contribution in [3.05, 3.63) is 29.8 Å². The van der Waals surface area contributed by atoms with Crippen LogP contribution >= 0.6 is 0 Å². The summed E-state index contributed by atoms with van der Waals surface area (Å²) >= 11 is 0. The Balaban J connectivity index is 1.69. The van der Waals surface area contributed by atoms with E-state index in [-0.39, 0.29) is 12.1 Å². The van der Waals surface area contributed by atoms with E-state index in [0.717, 1.165) is 31.6 Å². The smallest absolute Gasteiger partial charge is 0.314 e. The lowest BCUT2D eigenvalue weighted by Crippen LogP contribution is -2.41. The van der Waals surface area contributed by atoms with Crippen LogP contribution in [0.5, 0.6) is 5.75 Å². The van der Waals surface area contributed by atoms with Gasteiger partial charge in [0.2, 0.25) is 0 Å². The average molecular weight is 248 g/mol. The molecule has 4 nitrogen and oxygen atoms in total. The summed E-state index contributed by atoms with van der Waals surface area (Å²) in [5.74, 6) is 0.940. The molecular formula is C14H20N2O2. The summed E-state index contributed by atoms with van der Waals surface area (Å²) in [5, 5.41) is 5.67. The first-order valence-corrected chi connectivity index (χ1v) is 6.56. The molecule has 0 bridgehead atoms. The van der Waals surface area contributed by atoms with Crippen LogP contribution in [0.2, 0.25) is 0 Å². The van der Waals surface area contributed by atoms with Crippen molar-refractivity contribution in [2.75, 3.05) is 13.1 Å². The van der Waals surface area contributed by atoms with E-state index in [1.807, 2.05) is 18.2 Å². The van der Waals surface area contributed by atoms with Crippen molar-refractivity contribution in [2.24, 2.45) is 0 Å². The molecule has 98 valence electrons. The fourth-order valence-corrected chi connectivity index (χ4v) is 2.02. The van der Waals surface area contributed by atoms with Crippen LogP contribution < -0.4 is 15.4 Å². The summed E-state index contributed by atoms with van der Waals surface area (Å²) in [5.41, 5.74) is 1.22. The zero-order valence-corrected chi connectivity index (χ0v) is 10.7. The molecule has 1 aromatic carbocycles. The molecule has 0 aromatic heterocycles. The minimum atomic E-state index is -0.108. The maximum atomic E-state index is 11.5. The number of rotatable bonds is 5. The molecule has 1 heterocycles. The van der Waals surface area contributed by atoms with Crippen LogP contribution in [0, 0.1) is 0 Å². The number of hydrogen-bond donors (Lipinski definition) is 2. The number of carbonyl (C=O) groups excluding carboxylic acids is 1. The quantitative estimate of drug-likeness (QED) is 0.784. The van der Waals surface area contributed by atoms with Gasteiger partial charge in [0.1, 0.15) is 11.9 Å². The predicted molar refractivity (Wildman–Crippen MR) is 70.9 cm³/mol. The molecule has 0 spiro atoms. The standard InChI is InChI=1S/C14H20N2O2/c1-2-3-8-15-14(17)16-10-12-9-11-6-4-5-7-13(11)18-12/h4-7,12H,2-3,8-10H2,1H3,(H2,15,16,17). The molecule has 1 aliphatic rings. The highest BCUT2D eigenvalue weighted by atomic mass is 16.5. The molecule has 2 N–H and O–H groups in total. The summed E-state index contributed by atoms with van der Waals surface area (Å²) in [4.78, 5) is 11.5. The fourth-order valence-electron chi connectivity index (χ4n) is 2.02. The van der Waals surface area contributed by atoms with Crippen molar-refractivity contribution in [1.29, 1.82) is 0 Å². The van der Waals surface area contributed by atoms with E-state index in [1.54, 1.807) is 0 Å². The topological polar surface area (TPSA) is 50.4 Å². The summed E-state index contributed by atoms with van der Waals surface area (Å²) in [7, 11) is 0. The Morgan fingerprint density at radius 3 is 3.00 bits per heavy atom. The molecule has 0 aliphatic carbocycles. The zero-order chi connectivity index (χ0) is 12.8. The van der Waals surface area contributed by atoms with Gasteiger partial charge in [-0.15, -0.1) is 0 Å².